The van der Waals surface area contributed by atoms with Crippen LogP contribution >= 0.6 is 11.3 Å². The molecule has 0 spiro atoms. The Balaban J connectivity index is 1.49. The first-order valence-corrected chi connectivity index (χ1v) is 8.89. The largest absolute Gasteiger partial charge is 0.350 e. The highest BCUT2D eigenvalue weighted by Gasteiger charge is 2.39. The summed E-state index contributed by atoms with van der Waals surface area (Å²) in [6.45, 7) is 4.75. The lowest BCUT2D eigenvalue weighted by molar-refractivity contribution is 0.0455. The van der Waals surface area contributed by atoms with Gasteiger partial charge in [0.1, 0.15) is 10.9 Å². The molecular formula is C17H19N5S. The van der Waals surface area contributed by atoms with Crippen molar-refractivity contribution >= 4 is 17.3 Å². The average Bonchev–Trinajstić information content (AvgIpc) is 3.08. The number of nitriles is 1. The maximum Gasteiger partial charge on any atom is 0.222 e. The highest BCUT2D eigenvalue weighted by molar-refractivity contribution is 7.16. The number of rotatable bonds is 3. The van der Waals surface area contributed by atoms with Gasteiger partial charge >= 0.3 is 0 Å². The number of nitrogens with zero attached hydrogens (tertiary/aromatic N) is 4. The van der Waals surface area contributed by atoms with Crippen molar-refractivity contribution in [2.75, 3.05) is 18.4 Å². The van der Waals surface area contributed by atoms with Gasteiger partial charge in [-0.15, -0.1) is 11.3 Å². The van der Waals surface area contributed by atoms with Gasteiger partial charge in [-0.3, -0.25) is 4.90 Å². The number of hydrogen-bond donors (Lipinski definition) is 1. The summed E-state index contributed by atoms with van der Waals surface area (Å²) in [7, 11) is 0. The van der Waals surface area contributed by atoms with E-state index < -0.39 is 0 Å². The second-order valence-electron chi connectivity index (χ2n) is 6.36. The monoisotopic (exact) mass is 325 g/mol. The molecule has 3 saturated heterocycles. The third-order valence-corrected chi connectivity index (χ3v) is 6.17. The van der Waals surface area contributed by atoms with Crippen molar-refractivity contribution < 1.29 is 0 Å². The van der Waals surface area contributed by atoms with Gasteiger partial charge in [0, 0.05) is 34.9 Å². The number of thiophene rings is 1. The summed E-state index contributed by atoms with van der Waals surface area (Å²) in [6.07, 6.45) is 6.22. The van der Waals surface area contributed by atoms with Gasteiger partial charge in [0.2, 0.25) is 5.95 Å². The minimum absolute atomic E-state index is 0.440. The molecule has 2 aromatic rings. The quantitative estimate of drug-likeness (QED) is 0.940. The molecule has 2 bridgehead atoms. The van der Waals surface area contributed by atoms with E-state index in [1.54, 1.807) is 0 Å². The van der Waals surface area contributed by atoms with Crippen LogP contribution in [0.15, 0.2) is 24.5 Å². The molecule has 0 aromatic carbocycles. The van der Waals surface area contributed by atoms with Crippen LogP contribution in [-0.4, -0.2) is 40.0 Å². The van der Waals surface area contributed by atoms with Gasteiger partial charge in [-0.2, -0.15) is 5.26 Å². The molecule has 3 aliphatic heterocycles. The summed E-state index contributed by atoms with van der Waals surface area (Å²) >= 11 is 1.47. The number of nitrogens with one attached hydrogen (secondary N) is 1. The van der Waals surface area contributed by atoms with Crippen LogP contribution in [0.5, 0.6) is 0 Å². The zero-order chi connectivity index (χ0) is 15.8. The molecule has 23 heavy (non-hydrogen) atoms. The predicted octanol–water partition coefficient (Wildman–Crippen LogP) is 2.97. The Bertz CT molecular complexity index is 722. The summed E-state index contributed by atoms with van der Waals surface area (Å²) in [4.78, 5) is 13.3. The Labute approximate surface area is 140 Å². The molecule has 5 nitrogen and oxygen atoms in total. The van der Waals surface area contributed by atoms with Crippen LogP contribution in [0, 0.1) is 17.2 Å². The van der Waals surface area contributed by atoms with Gasteiger partial charge in [-0.05, 0) is 50.9 Å². The lowest BCUT2D eigenvalue weighted by Gasteiger charge is -2.49. The minimum atomic E-state index is 0.440. The van der Waals surface area contributed by atoms with Gasteiger partial charge in [-0.25, -0.2) is 9.97 Å². The molecule has 0 amide bonds. The molecular weight excluding hydrogens is 306 g/mol. The van der Waals surface area contributed by atoms with Gasteiger partial charge in [-0.1, -0.05) is 0 Å². The first-order valence-electron chi connectivity index (χ1n) is 8.07. The molecule has 3 fully saturated rings. The second kappa shape index (κ2) is 5.91. The highest BCUT2D eigenvalue weighted by Crippen LogP contribution is 2.33. The zero-order valence-electron chi connectivity index (χ0n) is 13.1. The Morgan fingerprint density at radius 1 is 1.26 bits per heavy atom. The van der Waals surface area contributed by atoms with E-state index in [1.807, 2.05) is 24.5 Å². The Morgan fingerprint density at radius 3 is 2.61 bits per heavy atom. The van der Waals surface area contributed by atoms with Crippen LogP contribution in [0.4, 0.5) is 5.95 Å². The Morgan fingerprint density at radius 2 is 2.00 bits per heavy atom. The van der Waals surface area contributed by atoms with Crippen molar-refractivity contribution in [2.24, 2.45) is 5.92 Å². The molecule has 118 valence electrons. The topological polar surface area (TPSA) is 64.8 Å². The van der Waals surface area contributed by atoms with E-state index in [0.717, 1.165) is 16.4 Å². The summed E-state index contributed by atoms with van der Waals surface area (Å²) < 4.78 is 0. The van der Waals surface area contributed by atoms with Crippen LogP contribution in [0.25, 0.3) is 10.4 Å². The van der Waals surface area contributed by atoms with Crippen molar-refractivity contribution in [1.29, 1.82) is 5.26 Å². The second-order valence-corrected chi connectivity index (χ2v) is 7.44. The minimum Gasteiger partial charge on any atom is -0.350 e. The molecule has 5 rings (SSSR count). The zero-order valence-corrected chi connectivity index (χ0v) is 13.9. The highest BCUT2D eigenvalue weighted by atomic mass is 32.1. The van der Waals surface area contributed by atoms with E-state index in [2.05, 4.69) is 33.2 Å². The molecule has 1 N–H and O–H groups in total. The lowest BCUT2D eigenvalue weighted by Crippen LogP contribution is -2.59. The van der Waals surface area contributed by atoms with Crippen molar-refractivity contribution in [3.8, 4) is 16.5 Å². The molecule has 2 atom stereocenters. The molecule has 3 aliphatic rings. The van der Waals surface area contributed by atoms with Crippen molar-refractivity contribution in [2.45, 2.75) is 31.8 Å². The molecule has 5 heterocycles. The smallest absolute Gasteiger partial charge is 0.222 e. The van der Waals surface area contributed by atoms with E-state index >= 15 is 0 Å². The number of aromatic nitrogens is 2. The molecule has 2 aromatic heterocycles. The third-order valence-electron chi connectivity index (χ3n) is 5.13. The first-order chi connectivity index (χ1) is 11.2. The van der Waals surface area contributed by atoms with Gasteiger partial charge in [0.05, 0.1) is 0 Å². The van der Waals surface area contributed by atoms with Crippen LogP contribution in [0.2, 0.25) is 0 Å². The lowest BCUT2D eigenvalue weighted by atomic mass is 9.79. The Kier molecular flexibility index (Phi) is 3.76. The summed E-state index contributed by atoms with van der Waals surface area (Å²) in [5.41, 5.74) is 0.962. The van der Waals surface area contributed by atoms with E-state index in [4.69, 9.17) is 5.26 Å². The van der Waals surface area contributed by atoms with Crippen LogP contribution in [0.1, 0.15) is 24.6 Å². The van der Waals surface area contributed by atoms with Gasteiger partial charge < -0.3 is 5.32 Å². The van der Waals surface area contributed by atoms with Gasteiger partial charge in [0.15, 0.2) is 0 Å². The fourth-order valence-electron chi connectivity index (χ4n) is 3.78. The number of hydrogen-bond acceptors (Lipinski definition) is 6. The molecule has 0 aliphatic carbocycles. The first kappa shape index (κ1) is 14.6. The van der Waals surface area contributed by atoms with E-state index in [-0.39, 0.29) is 0 Å². The fourth-order valence-corrected chi connectivity index (χ4v) is 4.56. The van der Waals surface area contributed by atoms with Crippen molar-refractivity contribution in [1.82, 2.24) is 14.9 Å². The normalized spacial score (nSPS) is 29.2. The maximum atomic E-state index is 8.92. The number of anilines is 1. The van der Waals surface area contributed by atoms with Crippen LogP contribution < -0.4 is 5.32 Å². The molecule has 6 heteroatoms. The fraction of sp³-hybridized carbons (Fsp3) is 0.471. The molecule has 0 unspecified atom stereocenters. The SMILES string of the molecule is C[C@@H]1[C@H](Nc2ncc(-c3ccc(C#N)s3)cn2)C2CCN1CC2. The number of fused-ring (bicyclic) bond motifs is 3. The third kappa shape index (κ3) is 2.71. The van der Waals surface area contributed by atoms with Crippen molar-refractivity contribution in [3.63, 3.8) is 0 Å². The van der Waals surface area contributed by atoms with E-state index in [1.165, 1.54) is 37.3 Å². The predicted molar refractivity (Wildman–Crippen MR) is 91.2 cm³/mol. The maximum absolute atomic E-state index is 8.92. The van der Waals surface area contributed by atoms with Crippen molar-refractivity contribution in [3.05, 3.63) is 29.4 Å². The summed E-state index contributed by atoms with van der Waals surface area (Å²) in [5.74, 6) is 1.44. The van der Waals surface area contributed by atoms with E-state index in [0.29, 0.717) is 22.9 Å². The number of piperidine rings is 3. The summed E-state index contributed by atoms with van der Waals surface area (Å²) in [6, 6.07) is 6.93. The van der Waals surface area contributed by atoms with E-state index in [9.17, 15) is 0 Å². The summed E-state index contributed by atoms with van der Waals surface area (Å²) in [5, 5.41) is 12.5. The Hall–Kier alpha value is -1.97. The molecule has 0 saturated carbocycles. The standard InChI is InChI=1S/C17H19N5S/c1-11-16(12-4-6-22(11)7-5-12)21-17-19-9-13(10-20-17)15-3-2-14(8-18)23-15/h2-3,9-12,16H,4-7H2,1H3,(H,19,20,21)/t11-,16+/m1/s1. The van der Waals surface area contributed by atoms with Crippen LogP contribution in [-0.2, 0) is 0 Å². The van der Waals surface area contributed by atoms with Gasteiger partial charge in [0.25, 0.3) is 0 Å². The average molecular weight is 325 g/mol. The molecule has 0 radical (unpaired) electrons. The van der Waals surface area contributed by atoms with Crippen LogP contribution in [0.3, 0.4) is 0 Å².